The zero-order valence-electron chi connectivity index (χ0n) is 9.54. The SMILES string of the molecule is CC(C)C(CC1CC1)c1ccc(F)cc1. The van der Waals surface area contributed by atoms with Crippen molar-refractivity contribution in [2.75, 3.05) is 0 Å². The minimum atomic E-state index is -0.132. The molecule has 2 rings (SSSR count). The fourth-order valence-corrected chi connectivity index (χ4v) is 2.22. The number of benzene rings is 1. The highest BCUT2D eigenvalue weighted by molar-refractivity contribution is 5.21. The van der Waals surface area contributed by atoms with E-state index in [-0.39, 0.29) is 5.82 Å². The van der Waals surface area contributed by atoms with Crippen LogP contribution in [0.4, 0.5) is 4.39 Å². The first-order valence-electron chi connectivity index (χ1n) is 5.92. The molecule has 1 unspecified atom stereocenters. The summed E-state index contributed by atoms with van der Waals surface area (Å²) in [5, 5.41) is 0. The molecule has 0 aromatic heterocycles. The molecule has 0 amide bonds. The zero-order valence-corrected chi connectivity index (χ0v) is 9.54. The van der Waals surface area contributed by atoms with E-state index >= 15 is 0 Å². The van der Waals surface area contributed by atoms with Crippen LogP contribution in [0.3, 0.4) is 0 Å². The maximum absolute atomic E-state index is 12.8. The second-order valence-electron chi connectivity index (χ2n) is 5.08. The first-order valence-corrected chi connectivity index (χ1v) is 5.92. The summed E-state index contributed by atoms with van der Waals surface area (Å²) < 4.78 is 12.8. The average molecular weight is 206 g/mol. The highest BCUT2D eigenvalue weighted by atomic mass is 19.1. The van der Waals surface area contributed by atoms with Gasteiger partial charge in [0.1, 0.15) is 5.82 Å². The molecule has 15 heavy (non-hydrogen) atoms. The fourth-order valence-electron chi connectivity index (χ4n) is 2.22. The largest absolute Gasteiger partial charge is 0.207 e. The van der Waals surface area contributed by atoms with Crippen LogP contribution in [-0.4, -0.2) is 0 Å². The lowest BCUT2D eigenvalue weighted by Crippen LogP contribution is -2.07. The Morgan fingerprint density at radius 2 is 1.80 bits per heavy atom. The van der Waals surface area contributed by atoms with Gasteiger partial charge in [0.15, 0.2) is 0 Å². The summed E-state index contributed by atoms with van der Waals surface area (Å²) in [6, 6.07) is 7.06. The Kier molecular flexibility index (Phi) is 3.08. The second-order valence-corrected chi connectivity index (χ2v) is 5.08. The number of halogens is 1. The van der Waals surface area contributed by atoms with Crippen LogP contribution in [0.15, 0.2) is 24.3 Å². The summed E-state index contributed by atoms with van der Waals surface area (Å²) in [6.45, 7) is 4.52. The Hall–Kier alpha value is -0.850. The van der Waals surface area contributed by atoms with Gasteiger partial charge in [0.05, 0.1) is 0 Å². The zero-order chi connectivity index (χ0) is 10.8. The molecule has 0 bridgehead atoms. The standard InChI is InChI=1S/C14H19F/c1-10(2)14(9-11-3-4-11)12-5-7-13(15)8-6-12/h5-8,10-11,14H,3-4,9H2,1-2H3. The van der Waals surface area contributed by atoms with Crippen molar-refractivity contribution in [3.63, 3.8) is 0 Å². The van der Waals surface area contributed by atoms with Gasteiger partial charge >= 0.3 is 0 Å². The van der Waals surface area contributed by atoms with Gasteiger partial charge in [-0.2, -0.15) is 0 Å². The van der Waals surface area contributed by atoms with Crippen molar-refractivity contribution in [3.05, 3.63) is 35.6 Å². The van der Waals surface area contributed by atoms with Gasteiger partial charge in [0.25, 0.3) is 0 Å². The third-order valence-electron chi connectivity index (χ3n) is 3.39. The lowest BCUT2D eigenvalue weighted by atomic mass is 9.84. The minimum absolute atomic E-state index is 0.132. The van der Waals surface area contributed by atoms with Crippen LogP contribution in [-0.2, 0) is 0 Å². The van der Waals surface area contributed by atoms with E-state index < -0.39 is 0 Å². The fraction of sp³-hybridized carbons (Fsp3) is 0.571. The van der Waals surface area contributed by atoms with Crippen LogP contribution in [0, 0.1) is 17.7 Å². The molecule has 0 saturated heterocycles. The first kappa shape index (κ1) is 10.7. The summed E-state index contributed by atoms with van der Waals surface area (Å²) in [6.07, 6.45) is 4.07. The summed E-state index contributed by atoms with van der Waals surface area (Å²) >= 11 is 0. The van der Waals surface area contributed by atoms with Crippen LogP contribution < -0.4 is 0 Å². The Morgan fingerprint density at radius 3 is 2.27 bits per heavy atom. The highest BCUT2D eigenvalue weighted by Gasteiger charge is 2.27. The van der Waals surface area contributed by atoms with Crippen LogP contribution >= 0.6 is 0 Å². The van der Waals surface area contributed by atoms with Gasteiger partial charge in [-0.3, -0.25) is 0 Å². The van der Waals surface area contributed by atoms with E-state index in [1.165, 1.54) is 24.8 Å². The molecule has 1 aliphatic carbocycles. The Labute approximate surface area is 91.5 Å². The van der Waals surface area contributed by atoms with E-state index in [1.807, 2.05) is 12.1 Å². The number of hydrogen-bond donors (Lipinski definition) is 0. The molecule has 1 fully saturated rings. The second kappa shape index (κ2) is 4.34. The third kappa shape index (κ3) is 2.80. The summed E-state index contributed by atoms with van der Waals surface area (Å²) in [5.41, 5.74) is 1.30. The van der Waals surface area contributed by atoms with Gasteiger partial charge in [-0.25, -0.2) is 4.39 Å². The van der Waals surface area contributed by atoms with Gasteiger partial charge in [-0.15, -0.1) is 0 Å². The van der Waals surface area contributed by atoms with Crippen molar-refractivity contribution in [2.24, 2.45) is 11.8 Å². The Balaban J connectivity index is 2.11. The summed E-state index contributed by atoms with van der Waals surface area (Å²) in [4.78, 5) is 0. The predicted octanol–water partition coefficient (Wildman–Crippen LogP) is 4.37. The number of hydrogen-bond acceptors (Lipinski definition) is 0. The molecular weight excluding hydrogens is 187 g/mol. The molecule has 0 N–H and O–H groups in total. The topological polar surface area (TPSA) is 0 Å². The molecule has 1 aromatic rings. The van der Waals surface area contributed by atoms with Crippen molar-refractivity contribution < 1.29 is 4.39 Å². The van der Waals surface area contributed by atoms with Crippen LogP contribution in [0.5, 0.6) is 0 Å². The van der Waals surface area contributed by atoms with Crippen LogP contribution in [0.1, 0.15) is 44.6 Å². The number of rotatable bonds is 4. The van der Waals surface area contributed by atoms with Gasteiger partial charge in [0, 0.05) is 0 Å². The van der Waals surface area contributed by atoms with Crippen molar-refractivity contribution in [1.29, 1.82) is 0 Å². The summed E-state index contributed by atoms with van der Waals surface area (Å²) in [5.74, 6) is 2.06. The third-order valence-corrected chi connectivity index (χ3v) is 3.39. The van der Waals surface area contributed by atoms with Gasteiger partial charge < -0.3 is 0 Å². The highest BCUT2D eigenvalue weighted by Crippen LogP contribution is 2.41. The lowest BCUT2D eigenvalue weighted by molar-refractivity contribution is 0.445. The monoisotopic (exact) mass is 206 g/mol. The minimum Gasteiger partial charge on any atom is -0.207 e. The molecule has 0 radical (unpaired) electrons. The van der Waals surface area contributed by atoms with Crippen molar-refractivity contribution >= 4 is 0 Å². The molecule has 1 atom stereocenters. The van der Waals surface area contributed by atoms with Gasteiger partial charge in [0.2, 0.25) is 0 Å². The Bertz CT molecular complexity index is 309. The van der Waals surface area contributed by atoms with Gasteiger partial charge in [-0.05, 0) is 41.9 Å². The molecule has 0 spiro atoms. The van der Waals surface area contributed by atoms with E-state index in [4.69, 9.17) is 0 Å². The molecule has 82 valence electrons. The molecular formula is C14H19F. The lowest BCUT2D eigenvalue weighted by Gasteiger charge is -2.21. The summed E-state index contributed by atoms with van der Waals surface area (Å²) in [7, 11) is 0. The predicted molar refractivity (Wildman–Crippen MR) is 61.3 cm³/mol. The van der Waals surface area contributed by atoms with Crippen LogP contribution in [0.2, 0.25) is 0 Å². The molecule has 0 aliphatic heterocycles. The molecule has 1 heteroatoms. The normalized spacial score (nSPS) is 18.1. The van der Waals surface area contributed by atoms with Crippen LogP contribution in [0.25, 0.3) is 0 Å². The van der Waals surface area contributed by atoms with Crippen molar-refractivity contribution in [1.82, 2.24) is 0 Å². The maximum Gasteiger partial charge on any atom is 0.123 e. The van der Waals surface area contributed by atoms with Crippen molar-refractivity contribution in [2.45, 2.75) is 39.0 Å². The van der Waals surface area contributed by atoms with E-state index in [1.54, 1.807) is 12.1 Å². The van der Waals surface area contributed by atoms with E-state index in [0.29, 0.717) is 11.8 Å². The molecule has 1 saturated carbocycles. The molecule has 1 aliphatic rings. The smallest absolute Gasteiger partial charge is 0.123 e. The molecule has 0 nitrogen and oxygen atoms in total. The first-order chi connectivity index (χ1) is 7.16. The van der Waals surface area contributed by atoms with E-state index in [2.05, 4.69) is 13.8 Å². The quantitative estimate of drug-likeness (QED) is 0.686. The molecule has 0 heterocycles. The van der Waals surface area contributed by atoms with E-state index in [0.717, 1.165) is 5.92 Å². The maximum atomic E-state index is 12.8. The Morgan fingerprint density at radius 1 is 1.20 bits per heavy atom. The van der Waals surface area contributed by atoms with E-state index in [9.17, 15) is 4.39 Å². The van der Waals surface area contributed by atoms with Gasteiger partial charge in [-0.1, -0.05) is 38.8 Å². The average Bonchev–Trinajstić information content (AvgIpc) is 2.99. The molecule has 1 aromatic carbocycles. The van der Waals surface area contributed by atoms with Crippen molar-refractivity contribution in [3.8, 4) is 0 Å².